The van der Waals surface area contributed by atoms with Crippen LogP contribution in [0.25, 0.3) is 5.69 Å². The van der Waals surface area contributed by atoms with Gasteiger partial charge >= 0.3 is 11.7 Å². The lowest BCUT2D eigenvalue weighted by molar-refractivity contribution is -0.144. The highest BCUT2D eigenvalue weighted by atomic mass is 16.5. The number of ether oxygens (including phenoxy) is 1. The maximum atomic E-state index is 13.0. The third-order valence-electron chi connectivity index (χ3n) is 5.58. The van der Waals surface area contributed by atoms with Crippen LogP contribution in [-0.2, 0) is 14.3 Å². The van der Waals surface area contributed by atoms with Crippen LogP contribution in [0.15, 0.2) is 17.1 Å². The number of hydrogen-bond acceptors (Lipinski definition) is 7. The van der Waals surface area contributed by atoms with E-state index in [1.54, 1.807) is 17.9 Å². The molecule has 0 spiro atoms. The number of methoxy groups -OCH3 is 1. The fourth-order valence-electron chi connectivity index (χ4n) is 4.21. The van der Waals surface area contributed by atoms with Crippen LogP contribution in [0.2, 0.25) is 0 Å². The maximum Gasteiger partial charge on any atom is 0.336 e. The average molecular weight is 397 g/mol. The Hall–Kier alpha value is -3.61. The topological polar surface area (TPSA) is 130 Å². The molecule has 0 aromatic carbocycles. The Kier molecular flexibility index (Phi) is 4.38. The molecule has 0 saturated carbocycles. The predicted octanol–water partition coefficient (Wildman–Crippen LogP) is 0.701. The molecule has 4 rings (SSSR count). The number of nitrogens with zero attached hydrogens (tertiary/aromatic N) is 5. The largest absolute Gasteiger partial charge is 0.493 e. The molecule has 0 aliphatic carbocycles. The Balaban J connectivity index is 1.68. The highest BCUT2D eigenvalue weighted by Gasteiger charge is 2.49. The Bertz CT molecular complexity index is 1130. The van der Waals surface area contributed by atoms with Gasteiger partial charge in [-0.1, -0.05) is 0 Å². The van der Waals surface area contributed by atoms with Crippen molar-refractivity contribution in [2.24, 2.45) is 0 Å². The van der Waals surface area contributed by atoms with E-state index in [2.05, 4.69) is 9.72 Å². The Morgan fingerprint density at radius 1 is 1.41 bits per heavy atom. The van der Waals surface area contributed by atoms with Gasteiger partial charge in [-0.3, -0.25) is 14.2 Å². The van der Waals surface area contributed by atoms with Crippen LogP contribution in [0.1, 0.15) is 48.3 Å². The fourth-order valence-corrected chi connectivity index (χ4v) is 4.21. The number of fused-ring (bicyclic) bond motifs is 5. The molecule has 0 radical (unpaired) electrons. The zero-order valence-electron chi connectivity index (χ0n) is 16.0. The van der Waals surface area contributed by atoms with E-state index in [0.717, 1.165) is 4.57 Å². The third kappa shape index (κ3) is 2.77. The van der Waals surface area contributed by atoms with E-state index < -0.39 is 17.7 Å². The molecular formula is C19H19N5O5. The predicted molar refractivity (Wildman–Crippen MR) is 98.3 cm³/mol. The summed E-state index contributed by atoms with van der Waals surface area (Å²) < 4.78 is 7.25. The smallest absolute Gasteiger partial charge is 0.336 e. The minimum Gasteiger partial charge on any atom is -0.493 e. The first-order valence-electron chi connectivity index (χ1n) is 9.16. The first kappa shape index (κ1) is 18.7. The summed E-state index contributed by atoms with van der Waals surface area (Å²) in [7, 11) is 1.27. The molecule has 2 aromatic rings. The van der Waals surface area contributed by atoms with E-state index in [-0.39, 0.29) is 36.4 Å². The van der Waals surface area contributed by atoms with Crippen molar-refractivity contribution in [2.45, 2.75) is 38.3 Å². The summed E-state index contributed by atoms with van der Waals surface area (Å²) in [6.07, 6.45) is 1.91. The molecule has 2 bridgehead atoms. The molecule has 1 fully saturated rings. The van der Waals surface area contributed by atoms with Crippen LogP contribution < -0.4 is 5.69 Å². The number of aromatic hydroxyl groups is 1. The quantitative estimate of drug-likeness (QED) is 0.752. The number of likely N-dealkylation sites (tertiary alicyclic amines) is 1. The number of aromatic nitrogens is 3. The monoisotopic (exact) mass is 397 g/mol. The number of carbonyl (C=O) groups is 2. The molecule has 1 N–H and O–H groups in total. The minimum atomic E-state index is -0.461. The second-order valence-corrected chi connectivity index (χ2v) is 7.20. The lowest BCUT2D eigenvalue weighted by atomic mass is 10.1. The van der Waals surface area contributed by atoms with Gasteiger partial charge in [0.1, 0.15) is 17.5 Å². The summed E-state index contributed by atoms with van der Waals surface area (Å²) >= 11 is 0. The van der Waals surface area contributed by atoms with Crippen molar-refractivity contribution in [3.63, 3.8) is 0 Å². The summed E-state index contributed by atoms with van der Waals surface area (Å²) in [5.41, 5.74) is 1.17. The lowest BCUT2D eigenvalue weighted by Gasteiger charge is -2.27. The lowest BCUT2D eigenvalue weighted by Crippen LogP contribution is -2.38. The molecule has 2 atom stereocenters. The number of esters is 1. The van der Waals surface area contributed by atoms with Crippen LogP contribution in [0.5, 0.6) is 5.88 Å². The summed E-state index contributed by atoms with van der Waals surface area (Å²) in [5, 5.41) is 19.9. The molecule has 10 nitrogen and oxygen atoms in total. The van der Waals surface area contributed by atoms with Gasteiger partial charge in [-0.2, -0.15) is 5.26 Å². The number of imidazole rings is 1. The van der Waals surface area contributed by atoms with E-state index in [9.17, 15) is 19.5 Å². The summed E-state index contributed by atoms with van der Waals surface area (Å²) in [5.74, 6) is -0.916. The van der Waals surface area contributed by atoms with Gasteiger partial charge in [-0.15, -0.1) is 0 Å². The number of hydrogen-bond donors (Lipinski definition) is 1. The van der Waals surface area contributed by atoms with Gasteiger partial charge in [0.05, 0.1) is 37.5 Å². The van der Waals surface area contributed by atoms with E-state index in [4.69, 9.17) is 5.26 Å². The molecule has 0 unspecified atom stereocenters. The minimum absolute atomic E-state index is 0.0142. The second kappa shape index (κ2) is 6.77. The summed E-state index contributed by atoms with van der Waals surface area (Å²) in [6, 6.07) is 2.92. The van der Waals surface area contributed by atoms with Crippen molar-refractivity contribution in [3.05, 3.63) is 39.7 Å². The van der Waals surface area contributed by atoms with Gasteiger partial charge < -0.3 is 14.7 Å². The van der Waals surface area contributed by atoms with Gasteiger partial charge in [0, 0.05) is 13.0 Å². The Morgan fingerprint density at radius 3 is 2.83 bits per heavy atom. The summed E-state index contributed by atoms with van der Waals surface area (Å²) in [6.45, 7) is 2.05. The van der Waals surface area contributed by atoms with Crippen LogP contribution in [-0.4, -0.2) is 49.7 Å². The van der Waals surface area contributed by atoms with Gasteiger partial charge in [0.15, 0.2) is 0 Å². The molecule has 2 aliphatic rings. The zero-order valence-corrected chi connectivity index (χ0v) is 16.0. The maximum absolute atomic E-state index is 13.0. The first-order chi connectivity index (χ1) is 13.9. The highest BCUT2D eigenvalue weighted by molar-refractivity contribution is 5.82. The average Bonchev–Trinajstić information content (AvgIpc) is 3.37. The molecule has 2 aliphatic heterocycles. The second-order valence-electron chi connectivity index (χ2n) is 7.20. The number of nitriles is 1. The van der Waals surface area contributed by atoms with Crippen molar-refractivity contribution >= 4 is 11.9 Å². The molecular weight excluding hydrogens is 378 g/mol. The van der Waals surface area contributed by atoms with Crippen molar-refractivity contribution in [1.29, 1.82) is 5.26 Å². The van der Waals surface area contributed by atoms with E-state index >= 15 is 0 Å². The standard InChI is InChI=1S/C19H19N5O5/c1-10-5-11(8-21-13(10)7-20)24-18(27)17-14-6-12(23(17)19(24)28)9-22(14)15(25)3-4-16(26)29-2/h5,8,12,14,27H,3-4,6,9H2,1-2H3/t12-,14-/m0/s1. The molecule has 10 heteroatoms. The van der Waals surface area contributed by atoms with Gasteiger partial charge in [-0.05, 0) is 25.0 Å². The SMILES string of the molecule is COC(=O)CCC(=O)N1C[C@@H]2C[C@H]1c1c(O)n(-c3cnc(C#N)c(C)c3)c(=O)n12. The summed E-state index contributed by atoms with van der Waals surface area (Å²) in [4.78, 5) is 42.5. The number of rotatable bonds is 4. The number of aryl methyl sites for hydroxylation is 1. The highest BCUT2D eigenvalue weighted by Crippen LogP contribution is 2.48. The molecule has 1 saturated heterocycles. The van der Waals surface area contributed by atoms with Crippen molar-refractivity contribution in [1.82, 2.24) is 19.0 Å². The molecule has 29 heavy (non-hydrogen) atoms. The van der Waals surface area contributed by atoms with Crippen molar-refractivity contribution in [2.75, 3.05) is 13.7 Å². The van der Waals surface area contributed by atoms with Crippen molar-refractivity contribution in [3.8, 4) is 17.6 Å². The number of pyridine rings is 1. The Labute approximate surface area is 165 Å². The number of carbonyl (C=O) groups excluding carboxylic acids is 2. The fraction of sp³-hybridized carbons (Fsp3) is 0.421. The van der Waals surface area contributed by atoms with Gasteiger partial charge in [0.25, 0.3) is 0 Å². The van der Waals surface area contributed by atoms with E-state index in [1.165, 1.54) is 17.9 Å². The third-order valence-corrected chi connectivity index (χ3v) is 5.58. The molecule has 1 amide bonds. The van der Waals surface area contributed by atoms with Crippen LogP contribution in [0, 0.1) is 18.3 Å². The zero-order chi connectivity index (χ0) is 20.9. The Morgan fingerprint density at radius 2 is 2.17 bits per heavy atom. The molecule has 150 valence electrons. The van der Waals surface area contributed by atoms with Gasteiger partial charge in [0.2, 0.25) is 11.8 Å². The molecule has 2 aromatic heterocycles. The van der Waals surface area contributed by atoms with E-state index in [1.807, 2.05) is 6.07 Å². The van der Waals surface area contributed by atoms with E-state index in [0.29, 0.717) is 29.9 Å². The van der Waals surface area contributed by atoms with Crippen LogP contribution >= 0.6 is 0 Å². The number of amides is 1. The molecule has 4 heterocycles. The van der Waals surface area contributed by atoms with Crippen molar-refractivity contribution < 1.29 is 19.4 Å². The normalized spacial score (nSPS) is 19.1. The van der Waals surface area contributed by atoms with Crippen LogP contribution in [0.4, 0.5) is 0 Å². The first-order valence-corrected chi connectivity index (χ1v) is 9.16. The van der Waals surface area contributed by atoms with Crippen LogP contribution in [0.3, 0.4) is 0 Å². The van der Waals surface area contributed by atoms with Gasteiger partial charge in [-0.25, -0.2) is 14.3 Å².